The third-order valence-corrected chi connectivity index (χ3v) is 3.09. The van der Waals surface area contributed by atoms with E-state index in [2.05, 4.69) is 27.8 Å². The van der Waals surface area contributed by atoms with Gasteiger partial charge in [-0.05, 0) is 33.6 Å². The number of nitrogens with one attached hydrogen (secondary N) is 2. The second-order valence-corrected chi connectivity index (χ2v) is 6.13. The Labute approximate surface area is 118 Å². The molecule has 0 unspecified atom stereocenters. The largest absolute Gasteiger partial charge is 0.444 e. The van der Waals surface area contributed by atoms with Crippen LogP contribution >= 0.6 is 11.3 Å². The number of alkyl carbamates (subject to hydrolysis) is 1. The molecule has 0 fully saturated rings. The van der Waals surface area contributed by atoms with Gasteiger partial charge >= 0.3 is 6.09 Å². The van der Waals surface area contributed by atoms with Crippen LogP contribution in [0.1, 0.15) is 39.1 Å². The van der Waals surface area contributed by atoms with Crippen molar-refractivity contribution in [2.24, 2.45) is 0 Å². The van der Waals surface area contributed by atoms with E-state index in [1.165, 1.54) is 0 Å². The molecule has 2 N–H and O–H groups in total. The standard InChI is InChI=1S/C12H22N4O2S/c1-5-9-15-16-10(19-9)13-7-6-8-14-11(17)18-12(2,3)4/h5-8H2,1-4H3,(H,13,16)(H,14,17). The molecule has 0 atom stereocenters. The van der Waals surface area contributed by atoms with Crippen LogP contribution in [0.25, 0.3) is 0 Å². The fraction of sp³-hybridized carbons (Fsp3) is 0.750. The van der Waals surface area contributed by atoms with E-state index in [9.17, 15) is 4.79 Å². The third-order valence-electron chi connectivity index (χ3n) is 2.07. The van der Waals surface area contributed by atoms with Crippen molar-refractivity contribution in [1.29, 1.82) is 0 Å². The van der Waals surface area contributed by atoms with Gasteiger partial charge in [-0.25, -0.2) is 4.79 Å². The molecule has 0 saturated carbocycles. The molecule has 0 aliphatic heterocycles. The summed E-state index contributed by atoms with van der Waals surface area (Å²) >= 11 is 1.56. The number of hydrogen-bond acceptors (Lipinski definition) is 6. The molecule has 0 aromatic carbocycles. The predicted molar refractivity (Wildman–Crippen MR) is 76.6 cm³/mol. The average Bonchev–Trinajstić information content (AvgIpc) is 2.74. The smallest absolute Gasteiger partial charge is 0.407 e. The summed E-state index contributed by atoms with van der Waals surface area (Å²) in [6, 6.07) is 0. The summed E-state index contributed by atoms with van der Waals surface area (Å²) in [4.78, 5) is 11.4. The highest BCUT2D eigenvalue weighted by Gasteiger charge is 2.15. The summed E-state index contributed by atoms with van der Waals surface area (Å²) < 4.78 is 5.13. The summed E-state index contributed by atoms with van der Waals surface area (Å²) in [5.74, 6) is 0. The SMILES string of the molecule is CCc1nnc(NCCCNC(=O)OC(C)(C)C)s1. The number of hydrogen-bond donors (Lipinski definition) is 2. The van der Waals surface area contributed by atoms with Crippen LogP contribution in [0.2, 0.25) is 0 Å². The molecular weight excluding hydrogens is 264 g/mol. The van der Waals surface area contributed by atoms with Crippen molar-refractivity contribution < 1.29 is 9.53 Å². The molecule has 0 bridgehead atoms. The van der Waals surface area contributed by atoms with E-state index < -0.39 is 5.60 Å². The summed E-state index contributed by atoms with van der Waals surface area (Å²) in [5, 5.41) is 15.8. The van der Waals surface area contributed by atoms with Gasteiger partial charge in [-0.3, -0.25) is 0 Å². The Morgan fingerprint density at radius 1 is 1.32 bits per heavy atom. The molecule has 0 aliphatic rings. The van der Waals surface area contributed by atoms with E-state index >= 15 is 0 Å². The van der Waals surface area contributed by atoms with E-state index in [0.717, 1.165) is 29.5 Å². The van der Waals surface area contributed by atoms with Crippen molar-refractivity contribution in [1.82, 2.24) is 15.5 Å². The lowest BCUT2D eigenvalue weighted by Gasteiger charge is -2.19. The second-order valence-electron chi connectivity index (χ2n) is 5.06. The maximum Gasteiger partial charge on any atom is 0.407 e. The topological polar surface area (TPSA) is 76.1 Å². The van der Waals surface area contributed by atoms with Crippen LogP contribution in [0.4, 0.5) is 9.93 Å². The van der Waals surface area contributed by atoms with Crippen LogP contribution in [-0.2, 0) is 11.2 Å². The van der Waals surface area contributed by atoms with E-state index in [1.54, 1.807) is 11.3 Å². The van der Waals surface area contributed by atoms with Gasteiger partial charge in [0.2, 0.25) is 5.13 Å². The zero-order valence-corrected chi connectivity index (χ0v) is 12.8. The van der Waals surface area contributed by atoms with Crippen molar-refractivity contribution >= 4 is 22.6 Å². The van der Waals surface area contributed by atoms with Gasteiger partial charge in [0.25, 0.3) is 0 Å². The summed E-state index contributed by atoms with van der Waals surface area (Å²) in [7, 11) is 0. The number of carbonyl (C=O) groups excluding carboxylic acids is 1. The molecule has 0 spiro atoms. The first-order valence-electron chi connectivity index (χ1n) is 6.44. The van der Waals surface area contributed by atoms with Gasteiger partial charge in [0, 0.05) is 13.1 Å². The van der Waals surface area contributed by atoms with Gasteiger partial charge in [-0.1, -0.05) is 18.3 Å². The van der Waals surface area contributed by atoms with Gasteiger partial charge in [-0.2, -0.15) is 0 Å². The third kappa shape index (κ3) is 6.95. The molecule has 19 heavy (non-hydrogen) atoms. The Hall–Kier alpha value is -1.37. The van der Waals surface area contributed by atoms with E-state index in [-0.39, 0.29) is 6.09 Å². The minimum Gasteiger partial charge on any atom is -0.444 e. The van der Waals surface area contributed by atoms with Crippen LogP contribution in [-0.4, -0.2) is 35.0 Å². The van der Waals surface area contributed by atoms with Crippen LogP contribution in [0.3, 0.4) is 0 Å². The first-order valence-corrected chi connectivity index (χ1v) is 7.25. The van der Waals surface area contributed by atoms with Gasteiger partial charge in [0.15, 0.2) is 0 Å². The molecule has 1 rings (SSSR count). The predicted octanol–water partition coefficient (Wildman–Crippen LogP) is 2.43. The summed E-state index contributed by atoms with van der Waals surface area (Å²) in [6.07, 6.45) is 1.33. The Bertz CT molecular complexity index is 401. The van der Waals surface area contributed by atoms with Gasteiger partial charge in [0.1, 0.15) is 10.6 Å². The number of anilines is 1. The fourth-order valence-corrected chi connectivity index (χ4v) is 1.96. The molecular formula is C12H22N4O2S. The summed E-state index contributed by atoms with van der Waals surface area (Å²) in [5.41, 5.74) is -0.453. The van der Waals surface area contributed by atoms with Crippen LogP contribution in [0.5, 0.6) is 0 Å². The van der Waals surface area contributed by atoms with Crippen molar-refractivity contribution in [2.75, 3.05) is 18.4 Å². The minimum atomic E-state index is -0.453. The van der Waals surface area contributed by atoms with Crippen LogP contribution in [0.15, 0.2) is 0 Å². The van der Waals surface area contributed by atoms with Gasteiger partial charge in [0.05, 0.1) is 0 Å². The average molecular weight is 286 g/mol. The lowest BCUT2D eigenvalue weighted by molar-refractivity contribution is 0.0528. The number of ether oxygens (including phenoxy) is 1. The molecule has 1 amide bonds. The number of carbonyl (C=O) groups is 1. The second kappa shape index (κ2) is 7.28. The maximum atomic E-state index is 11.4. The zero-order chi connectivity index (χ0) is 14.3. The number of rotatable bonds is 6. The molecule has 108 valence electrons. The molecule has 1 aromatic heterocycles. The minimum absolute atomic E-state index is 0.378. The van der Waals surface area contributed by atoms with E-state index in [0.29, 0.717) is 6.54 Å². The molecule has 1 heterocycles. The first-order chi connectivity index (χ1) is 8.90. The number of aromatic nitrogens is 2. The summed E-state index contributed by atoms with van der Waals surface area (Å²) in [6.45, 7) is 8.89. The molecule has 0 saturated heterocycles. The molecule has 1 aromatic rings. The number of aryl methyl sites for hydroxylation is 1. The van der Waals surface area contributed by atoms with Crippen molar-refractivity contribution in [3.63, 3.8) is 0 Å². The number of amides is 1. The van der Waals surface area contributed by atoms with Crippen molar-refractivity contribution in [3.05, 3.63) is 5.01 Å². The monoisotopic (exact) mass is 286 g/mol. The highest BCUT2D eigenvalue weighted by Crippen LogP contribution is 2.14. The first kappa shape index (κ1) is 15.7. The van der Waals surface area contributed by atoms with Crippen LogP contribution in [0, 0.1) is 0 Å². The highest BCUT2D eigenvalue weighted by atomic mass is 32.1. The Kier molecular flexibility index (Phi) is 6.01. The Morgan fingerprint density at radius 2 is 2.05 bits per heavy atom. The van der Waals surface area contributed by atoms with E-state index in [4.69, 9.17) is 4.74 Å². The Balaban J connectivity index is 2.09. The quantitative estimate of drug-likeness (QED) is 0.785. The van der Waals surface area contributed by atoms with Gasteiger partial charge in [-0.15, -0.1) is 10.2 Å². The van der Waals surface area contributed by atoms with Crippen molar-refractivity contribution in [2.45, 2.75) is 46.1 Å². The molecule has 0 radical (unpaired) electrons. The normalized spacial score (nSPS) is 11.2. The molecule has 7 heteroatoms. The molecule has 6 nitrogen and oxygen atoms in total. The van der Waals surface area contributed by atoms with Gasteiger partial charge < -0.3 is 15.4 Å². The van der Waals surface area contributed by atoms with Crippen molar-refractivity contribution in [3.8, 4) is 0 Å². The maximum absolute atomic E-state index is 11.4. The number of nitrogens with zero attached hydrogens (tertiary/aromatic N) is 2. The zero-order valence-electron chi connectivity index (χ0n) is 11.9. The van der Waals surface area contributed by atoms with E-state index in [1.807, 2.05) is 20.8 Å². The fourth-order valence-electron chi connectivity index (χ4n) is 1.26. The Morgan fingerprint density at radius 3 is 2.63 bits per heavy atom. The lowest BCUT2D eigenvalue weighted by atomic mass is 10.2. The molecule has 0 aliphatic carbocycles. The lowest BCUT2D eigenvalue weighted by Crippen LogP contribution is -2.33. The van der Waals surface area contributed by atoms with Crippen LogP contribution < -0.4 is 10.6 Å². The highest BCUT2D eigenvalue weighted by molar-refractivity contribution is 7.15.